The number of ether oxygens (including phenoxy) is 1. The van der Waals surface area contributed by atoms with Gasteiger partial charge in [0.05, 0.1) is 11.3 Å². The zero-order valence-corrected chi connectivity index (χ0v) is 17.4. The van der Waals surface area contributed by atoms with E-state index in [0.717, 1.165) is 11.6 Å². The lowest BCUT2D eigenvalue weighted by Crippen LogP contribution is -2.17. The predicted octanol–water partition coefficient (Wildman–Crippen LogP) is 3.68. The lowest BCUT2D eigenvalue weighted by Gasteiger charge is -2.12. The second kappa shape index (κ2) is 9.23. The number of nitrogens with two attached hydrogens (primary N) is 1. The van der Waals surface area contributed by atoms with Gasteiger partial charge >= 0.3 is 0 Å². The maximum absolute atomic E-state index is 14.0. The van der Waals surface area contributed by atoms with E-state index in [1.807, 2.05) is 0 Å². The molecule has 0 aromatic heterocycles. The van der Waals surface area contributed by atoms with Crippen molar-refractivity contribution in [3.8, 4) is 5.75 Å². The lowest BCUT2D eigenvalue weighted by atomic mass is 10.1. The van der Waals surface area contributed by atoms with Crippen LogP contribution in [0.3, 0.4) is 0 Å². The van der Waals surface area contributed by atoms with Gasteiger partial charge in [-0.3, -0.25) is 4.79 Å². The Morgan fingerprint density at radius 2 is 1.74 bits per heavy atom. The van der Waals surface area contributed by atoms with Crippen molar-refractivity contribution in [1.29, 1.82) is 0 Å². The number of hydrogen-bond acceptors (Lipinski definition) is 4. The maximum Gasteiger partial charge on any atom is 0.238 e. The number of carbonyl (C=O) groups is 1. The Morgan fingerprint density at radius 1 is 1.00 bits per heavy atom. The molecule has 3 aromatic rings. The number of amides is 1. The number of primary sulfonamides is 1. The summed E-state index contributed by atoms with van der Waals surface area (Å²) >= 11 is 0. The van der Waals surface area contributed by atoms with Gasteiger partial charge in [0.15, 0.2) is 0 Å². The smallest absolute Gasteiger partial charge is 0.238 e. The Hall–Kier alpha value is -3.30. The summed E-state index contributed by atoms with van der Waals surface area (Å²) < 4.78 is 57.0. The molecule has 0 bridgehead atoms. The molecule has 0 saturated heterocycles. The van der Waals surface area contributed by atoms with Gasteiger partial charge in [-0.2, -0.15) is 0 Å². The van der Waals surface area contributed by atoms with Gasteiger partial charge in [0.2, 0.25) is 15.9 Å². The van der Waals surface area contributed by atoms with E-state index < -0.39 is 27.6 Å². The molecule has 0 aliphatic heterocycles. The zero-order valence-electron chi connectivity index (χ0n) is 16.6. The van der Waals surface area contributed by atoms with Crippen LogP contribution in [-0.4, -0.2) is 14.3 Å². The molecule has 3 rings (SSSR count). The van der Waals surface area contributed by atoms with E-state index >= 15 is 0 Å². The maximum atomic E-state index is 14.0. The first-order chi connectivity index (χ1) is 14.6. The SMILES string of the molecule is Cc1ccc(COc2cc(NC(=O)Cc3ccccc3F)cc(S(N)(=O)=O)c2)c(F)c1. The molecular weight excluding hydrogens is 426 g/mol. The Labute approximate surface area is 178 Å². The van der Waals surface area contributed by atoms with Crippen LogP contribution in [0.1, 0.15) is 16.7 Å². The number of aryl methyl sites for hydroxylation is 1. The fourth-order valence-corrected chi connectivity index (χ4v) is 3.41. The number of anilines is 1. The molecule has 3 N–H and O–H groups in total. The van der Waals surface area contributed by atoms with E-state index in [4.69, 9.17) is 9.88 Å². The summed E-state index contributed by atoms with van der Waals surface area (Å²) in [5, 5.41) is 7.72. The molecule has 0 spiro atoms. The molecule has 6 nitrogen and oxygen atoms in total. The Kier molecular flexibility index (Phi) is 6.67. The fourth-order valence-electron chi connectivity index (χ4n) is 2.84. The van der Waals surface area contributed by atoms with Gasteiger partial charge in [-0.1, -0.05) is 30.3 Å². The quantitative estimate of drug-likeness (QED) is 0.578. The molecule has 9 heteroatoms. The monoisotopic (exact) mass is 446 g/mol. The molecule has 0 atom stereocenters. The number of carbonyl (C=O) groups excluding carboxylic acids is 1. The molecule has 162 valence electrons. The van der Waals surface area contributed by atoms with Crippen LogP contribution >= 0.6 is 0 Å². The Morgan fingerprint density at radius 3 is 2.42 bits per heavy atom. The van der Waals surface area contributed by atoms with Gasteiger partial charge in [0, 0.05) is 23.4 Å². The fraction of sp³-hybridized carbons (Fsp3) is 0.136. The summed E-state index contributed by atoms with van der Waals surface area (Å²) in [5.74, 6) is -1.49. The third kappa shape index (κ3) is 6.09. The summed E-state index contributed by atoms with van der Waals surface area (Å²) in [4.78, 5) is 12.0. The molecule has 0 aliphatic rings. The van der Waals surface area contributed by atoms with Crippen LogP contribution in [-0.2, 0) is 27.8 Å². The molecule has 3 aromatic carbocycles. The molecular formula is C22H20F2N2O4S. The van der Waals surface area contributed by atoms with E-state index in [2.05, 4.69) is 5.32 Å². The molecule has 31 heavy (non-hydrogen) atoms. The van der Waals surface area contributed by atoms with Crippen molar-refractivity contribution in [3.63, 3.8) is 0 Å². The number of halogens is 2. The third-order valence-corrected chi connectivity index (χ3v) is 5.30. The zero-order chi connectivity index (χ0) is 22.6. The average Bonchev–Trinajstić information content (AvgIpc) is 2.68. The topological polar surface area (TPSA) is 98.5 Å². The highest BCUT2D eigenvalue weighted by atomic mass is 32.2. The first kappa shape index (κ1) is 22.4. The van der Waals surface area contributed by atoms with Crippen LogP contribution < -0.4 is 15.2 Å². The number of hydrogen-bond donors (Lipinski definition) is 2. The number of sulfonamides is 1. The Balaban J connectivity index is 1.81. The molecule has 1 amide bonds. The van der Waals surface area contributed by atoms with E-state index in [0.29, 0.717) is 0 Å². The number of rotatable bonds is 7. The lowest BCUT2D eigenvalue weighted by molar-refractivity contribution is -0.115. The first-order valence-electron chi connectivity index (χ1n) is 9.21. The molecule has 0 radical (unpaired) electrons. The first-order valence-corrected chi connectivity index (χ1v) is 10.8. The van der Waals surface area contributed by atoms with Crippen molar-refractivity contribution in [3.05, 3.63) is 89.0 Å². The van der Waals surface area contributed by atoms with Crippen LogP contribution in [0.25, 0.3) is 0 Å². The summed E-state index contributed by atoms with van der Waals surface area (Å²) in [6.45, 7) is 1.59. The van der Waals surface area contributed by atoms with Crippen LogP contribution in [0, 0.1) is 18.6 Å². The van der Waals surface area contributed by atoms with Crippen LogP contribution in [0.5, 0.6) is 5.75 Å². The molecule has 0 unspecified atom stereocenters. The Bertz CT molecular complexity index is 1230. The predicted molar refractivity (Wildman–Crippen MR) is 112 cm³/mol. The normalized spacial score (nSPS) is 11.2. The molecule has 0 fully saturated rings. The minimum Gasteiger partial charge on any atom is -0.489 e. The minimum absolute atomic E-state index is 0.0627. The minimum atomic E-state index is -4.11. The molecule has 0 aliphatic carbocycles. The van der Waals surface area contributed by atoms with Crippen molar-refractivity contribution < 1.29 is 26.7 Å². The highest BCUT2D eigenvalue weighted by molar-refractivity contribution is 7.89. The van der Waals surface area contributed by atoms with Gasteiger partial charge in [-0.05, 0) is 36.2 Å². The van der Waals surface area contributed by atoms with E-state index in [1.165, 1.54) is 36.4 Å². The van der Waals surface area contributed by atoms with Gasteiger partial charge in [0.25, 0.3) is 0 Å². The second-order valence-electron chi connectivity index (χ2n) is 6.94. The molecule has 0 heterocycles. The van der Waals surface area contributed by atoms with Crippen LogP contribution in [0.2, 0.25) is 0 Å². The van der Waals surface area contributed by atoms with E-state index in [1.54, 1.807) is 25.1 Å². The number of nitrogens with one attached hydrogen (secondary N) is 1. The molecule has 0 saturated carbocycles. The van der Waals surface area contributed by atoms with Crippen molar-refractivity contribution in [1.82, 2.24) is 0 Å². The van der Waals surface area contributed by atoms with Crippen molar-refractivity contribution in [2.24, 2.45) is 5.14 Å². The van der Waals surface area contributed by atoms with Crippen molar-refractivity contribution in [2.75, 3.05) is 5.32 Å². The second-order valence-corrected chi connectivity index (χ2v) is 8.50. The highest BCUT2D eigenvalue weighted by Crippen LogP contribution is 2.25. The van der Waals surface area contributed by atoms with E-state index in [-0.39, 0.29) is 40.5 Å². The number of benzene rings is 3. The van der Waals surface area contributed by atoms with Crippen LogP contribution in [0.4, 0.5) is 14.5 Å². The summed E-state index contributed by atoms with van der Waals surface area (Å²) in [7, 11) is -4.11. The highest BCUT2D eigenvalue weighted by Gasteiger charge is 2.15. The summed E-state index contributed by atoms with van der Waals surface area (Å²) in [5.41, 5.74) is 1.30. The van der Waals surface area contributed by atoms with Crippen molar-refractivity contribution >= 4 is 21.6 Å². The van der Waals surface area contributed by atoms with Gasteiger partial charge < -0.3 is 10.1 Å². The average molecular weight is 446 g/mol. The van der Waals surface area contributed by atoms with Crippen LogP contribution in [0.15, 0.2) is 65.6 Å². The van der Waals surface area contributed by atoms with Crippen molar-refractivity contribution in [2.45, 2.75) is 24.8 Å². The summed E-state index contributed by atoms with van der Waals surface area (Å²) in [6, 6.07) is 14.2. The standard InChI is InChI=1S/C22H20F2N2O4S/c1-14-6-7-16(21(24)8-14)13-30-18-10-17(11-19(12-18)31(25,28)29)26-22(27)9-15-4-2-3-5-20(15)23/h2-8,10-12H,9,13H2,1H3,(H,26,27)(H2,25,28,29). The van der Waals surface area contributed by atoms with Gasteiger partial charge in [-0.25, -0.2) is 22.3 Å². The van der Waals surface area contributed by atoms with Gasteiger partial charge in [0.1, 0.15) is 24.0 Å². The largest absolute Gasteiger partial charge is 0.489 e. The third-order valence-electron chi connectivity index (χ3n) is 4.40. The van der Waals surface area contributed by atoms with E-state index in [9.17, 15) is 22.0 Å². The van der Waals surface area contributed by atoms with Gasteiger partial charge in [-0.15, -0.1) is 0 Å². The summed E-state index contributed by atoms with van der Waals surface area (Å²) in [6.07, 6.45) is -0.253.